The minimum absolute atomic E-state index is 0.161. The molecule has 3 nitrogen and oxygen atoms in total. The summed E-state index contributed by atoms with van der Waals surface area (Å²) < 4.78 is 14.2. The number of hydrogen-bond donors (Lipinski definition) is 2. The predicted molar refractivity (Wildman–Crippen MR) is 68.4 cm³/mol. The van der Waals surface area contributed by atoms with E-state index in [2.05, 4.69) is 26.6 Å². The maximum atomic E-state index is 13.5. The van der Waals surface area contributed by atoms with Gasteiger partial charge in [0, 0.05) is 4.47 Å². The number of piperidine rings is 1. The number of nitrogens with one attached hydrogen (secondary N) is 2. The molecule has 0 spiro atoms. The number of anilines is 1. The Morgan fingerprint density at radius 1 is 1.47 bits per heavy atom. The summed E-state index contributed by atoms with van der Waals surface area (Å²) in [4.78, 5) is 11.9. The Morgan fingerprint density at radius 3 is 2.94 bits per heavy atom. The lowest BCUT2D eigenvalue weighted by molar-refractivity contribution is -0.118. The molecule has 1 aliphatic heterocycles. The molecule has 5 heteroatoms. The van der Waals surface area contributed by atoms with E-state index < -0.39 is 5.82 Å². The lowest BCUT2D eigenvalue weighted by atomic mass is 10.0. The first-order valence-corrected chi connectivity index (χ1v) is 6.45. The number of carbonyl (C=O) groups excluding carboxylic acids is 1. The molecule has 0 radical (unpaired) electrons. The number of amides is 1. The van der Waals surface area contributed by atoms with E-state index in [4.69, 9.17) is 0 Å². The highest BCUT2D eigenvalue weighted by molar-refractivity contribution is 9.10. The molecule has 1 saturated heterocycles. The van der Waals surface area contributed by atoms with Crippen LogP contribution in [0.25, 0.3) is 0 Å². The van der Waals surface area contributed by atoms with Crippen LogP contribution in [-0.2, 0) is 4.79 Å². The van der Waals surface area contributed by atoms with Gasteiger partial charge in [-0.2, -0.15) is 0 Å². The molecule has 1 aromatic carbocycles. The Hall–Kier alpha value is -0.940. The summed E-state index contributed by atoms with van der Waals surface area (Å²) in [6, 6.07) is 4.39. The normalized spacial score (nSPS) is 20.0. The molecule has 1 atom stereocenters. The van der Waals surface area contributed by atoms with Crippen molar-refractivity contribution in [2.45, 2.75) is 25.3 Å². The van der Waals surface area contributed by atoms with Crippen LogP contribution < -0.4 is 10.6 Å². The van der Waals surface area contributed by atoms with Gasteiger partial charge < -0.3 is 10.6 Å². The van der Waals surface area contributed by atoms with E-state index in [1.807, 2.05) is 0 Å². The van der Waals surface area contributed by atoms with Crippen molar-refractivity contribution in [3.8, 4) is 0 Å². The van der Waals surface area contributed by atoms with Crippen LogP contribution in [-0.4, -0.2) is 18.5 Å². The molecule has 2 rings (SSSR count). The topological polar surface area (TPSA) is 41.1 Å². The molecule has 1 heterocycles. The van der Waals surface area contributed by atoms with Gasteiger partial charge in [-0.05, 0) is 37.6 Å². The Morgan fingerprint density at radius 2 is 2.29 bits per heavy atom. The average Bonchev–Trinajstić information content (AvgIpc) is 2.34. The Labute approximate surface area is 108 Å². The van der Waals surface area contributed by atoms with Gasteiger partial charge in [-0.1, -0.05) is 22.4 Å². The average molecular weight is 301 g/mol. The molecular formula is C12H14BrFN2O. The van der Waals surface area contributed by atoms with E-state index in [0.717, 1.165) is 25.8 Å². The molecule has 17 heavy (non-hydrogen) atoms. The lowest BCUT2D eigenvalue weighted by Gasteiger charge is -2.22. The van der Waals surface area contributed by atoms with E-state index in [-0.39, 0.29) is 17.6 Å². The van der Waals surface area contributed by atoms with Gasteiger partial charge in [-0.25, -0.2) is 4.39 Å². The van der Waals surface area contributed by atoms with Crippen molar-refractivity contribution < 1.29 is 9.18 Å². The summed E-state index contributed by atoms with van der Waals surface area (Å²) in [5, 5.41) is 5.74. The maximum Gasteiger partial charge on any atom is 0.241 e. The third kappa shape index (κ3) is 3.26. The number of carbonyl (C=O) groups is 1. The molecule has 92 valence electrons. The summed E-state index contributed by atoms with van der Waals surface area (Å²) in [5.41, 5.74) is 0.227. The van der Waals surface area contributed by atoms with Crippen LogP contribution in [0.5, 0.6) is 0 Å². The number of rotatable bonds is 2. The van der Waals surface area contributed by atoms with Crippen molar-refractivity contribution in [1.29, 1.82) is 0 Å². The highest BCUT2D eigenvalue weighted by Crippen LogP contribution is 2.20. The van der Waals surface area contributed by atoms with Crippen molar-refractivity contribution in [1.82, 2.24) is 5.32 Å². The third-order valence-electron chi connectivity index (χ3n) is 2.82. The Balaban J connectivity index is 2.02. The number of hydrogen-bond acceptors (Lipinski definition) is 2. The van der Waals surface area contributed by atoms with Gasteiger partial charge in [0.15, 0.2) is 0 Å². The molecule has 1 aliphatic rings. The Bertz CT molecular complexity index is 419. The molecule has 2 N–H and O–H groups in total. The van der Waals surface area contributed by atoms with Gasteiger partial charge in [-0.15, -0.1) is 0 Å². The second-order valence-electron chi connectivity index (χ2n) is 4.12. The fraction of sp³-hybridized carbons (Fsp3) is 0.417. The molecule has 1 aromatic rings. The second-order valence-corrected chi connectivity index (χ2v) is 5.03. The summed E-state index contributed by atoms with van der Waals surface area (Å²) in [5.74, 6) is -0.588. The van der Waals surface area contributed by atoms with Gasteiger partial charge in [-0.3, -0.25) is 4.79 Å². The van der Waals surface area contributed by atoms with E-state index in [1.165, 1.54) is 6.07 Å². The zero-order chi connectivity index (χ0) is 12.3. The van der Waals surface area contributed by atoms with E-state index in [0.29, 0.717) is 4.47 Å². The minimum atomic E-state index is -0.427. The summed E-state index contributed by atoms with van der Waals surface area (Å²) in [6.45, 7) is 0.848. The van der Waals surface area contributed by atoms with Crippen LogP contribution in [0.1, 0.15) is 19.3 Å². The first-order valence-electron chi connectivity index (χ1n) is 5.66. The first kappa shape index (κ1) is 12.5. The summed E-state index contributed by atoms with van der Waals surface area (Å²) >= 11 is 3.17. The van der Waals surface area contributed by atoms with E-state index in [1.54, 1.807) is 12.1 Å². The third-order valence-corrected chi connectivity index (χ3v) is 3.31. The molecule has 0 aromatic heterocycles. The SMILES string of the molecule is O=C(Nc1ccc(Br)cc1F)C1CCCCN1. The maximum absolute atomic E-state index is 13.5. The van der Waals surface area contributed by atoms with Crippen molar-refractivity contribution >= 4 is 27.5 Å². The standard InChI is InChI=1S/C12H14BrFN2O/c13-8-4-5-10(9(14)7-8)16-12(17)11-3-1-2-6-15-11/h4-5,7,11,15H,1-3,6H2,(H,16,17). The van der Waals surface area contributed by atoms with Gasteiger partial charge in [0.1, 0.15) is 5.82 Å². The molecule has 1 unspecified atom stereocenters. The number of halogens is 2. The van der Waals surface area contributed by atoms with Crippen LogP contribution in [0.4, 0.5) is 10.1 Å². The molecule has 1 amide bonds. The molecule has 0 aliphatic carbocycles. The molecule has 1 fully saturated rings. The second kappa shape index (κ2) is 5.60. The van der Waals surface area contributed by atoms with Crippen LogP contribution in [0.15, 0.2) is 22.7 Å². The summed E-state index contributed by atoms with van der Waals surface area (Å²) in [7, 11) is 0. The van der Waals surface area contributed by atoms with Crippen LogP contribution in [0, 0.1) is 5.82 Å². The largest absolute Gasteiger partial charge is 0.322 e. The zero-order valence-corrected chi connectivity index (χ0v) is 10.9. The lowest BCUT2D eigenvalue weighted by Crippen LogP contribution is -2.43. The molecule has 0 saturated carbocycles. The van der Waals surface area contributed by atoms with Crippen LogP contribution >= 0.6 is 15.9 Å². The highest BCUT2D eigenvalue weighted by Gasteiger charge is 2.21. The fourth-order valence-electron chi connectivity index (χ4n) is 1.89. The van der Waals surface area contributed by atoms with Crippen molar-refractivity contribution in [2.24, 2.45) is 0 Å². The van der Waals surface area contributed by atoms with Crippen LogP contribution in [0.2, 0.25) is 0 Å². The van der Waals surface area contributed by atoms with Gasteiger partial charge in [0.05, 0.1) is 11.7 Å². The molecule has 0 bridgehead atoms. The van der Waals surface area contributed by atoms with Crippen molar-refractivity contribution in [2.75, 3.05) is 11.9 Å². The van der Waals surface area contributed by atoms with Gasteiger partial charge in [0.2, 0.25) is 5.91 Å². The first-order chi connectivity index (χ1) is 8.16. The zero-order valence-electron chi connectivity index (χ0n) is 9.30. The summed E-state index contributed by atoms with van der Waals surface area (Å²) in [6.07, 6.45) is 2.94. The van der Waals surface area contributed by atoms with Crippen molar-refractivity contribution in [3.05, 3.63) is 28.5 Å². The quantitative estimate of drug-likeness (QED) is 0.882. The van der Waals surface area contributed by atoms with E-state index >= 15 is 0 Å². The van der Waals surface area contributed by atoms with E-state index in [9.17, 15) is 9.18 Å². The van der Waals surface area contributed by atoms with Gasteiger partial charge in [0.25, 0.3) is 0 Å². The minimum Gasteiger partial charge on any atom is -0.322 e. The highest BCUT2D eigenvalue weighted by atomic mass is 79.9. The monoisotopic (exact) mass is 300 g/mol. The smallest absolute Gasteiger partial charge is 0.241 e. The fourth-order valence-corrected chi connectivity index (χ4v) is 2.22. The number of benzene rings is 1. The molecular weight excluding hydrogens is 287 g/mol. The Kier molecular flexibility index (Phi) is 4.12. The van der Waals surface area contributed by atoms with Crippen molar-refractivity contribution in [3.63, 3.8) is 0 Å². The van der Waals surface area contributed by atoms with Crippen LogP contribution in [0.3, 0.4) is 0 Å². The van der Waals surface area contributed by atoms with Gasteiger partial charge >= 0.3 is 0 Å². The predicted octanol–water partition coefficient (Wildman–Crippen LogP) is 2.67.